The zero-order valence-corrected chi connectivity index (χ0v) is 21.4. The number of nitrogens with two attached hydrogens (primary N) is 2. The second kappa shape index (κ2) is 13.3. The number of aliphatic hydroxyl groups is 1. The number of carbonyl (C=O) groups is 1. The summed E-state index contributed by atoms with van der Waals surface area (Å²) < 4.78 is 0.799. The van der Waals surface area contributed by atoms with E-state index in [2.05, 4.69) is 29.7 Å². The fourth-order valence-corrected chi connectivity index (χ4v) is 4.32. The number of rotatable bonds is 14. The lowest BCUT2D eigenvalue weighted by Crippen LogP contribution is -2.52. The van der Waals surface area contributed by atoms with Crippen molar-refractivity contribution in [2.45, 2.75) is 44.0 Å². The van der Waals surface area contributed by atoms with E-state index in [1.54, 1.807) is 6.20 Å². The van der Waals surface area contributed by atoms with Gasteiger partial charge in [-0.15, -0.1) is 0 Å². The highest BCUT2D eigenvalue weighted by Crippen LogP contribution is 2.18. The van der Waals surface area contributed by atoms with Gasteiger partial charge >= 0.3 is 0 Å². The van der Waals surface area contributed by atoms with Crippen molar-refractivity contribution in [3.05, 3.63) is 72.4 Å². The normalized spacial score (nSPS) is 14.2. The third-order valence-electron chi connectivity index (χ3n) is 6.55. The van der Waals surface area contributed by atoms with E-state index in [0.29, 0.717) is 31.5 Å². The fourth-order valence-electron chi connectivity index (χ4n) is 4.32. The van der Waals surface area contributed by atoms with E-state index in [1.807, 2.05) is 60.7 Å². The maximum absolute atomic E-state index is 13.0. The Morgan fingerprint density at radius 2 is 1.78 bits per heavy atom. The number of fused-ring (bicyclic) bond motifs is 1. The van der Waals surface area contributed by atoms with Crippen molar-refractivity contribution in [1.29, 1.82) is 0 Å². The minimum atomic E-state index is -1.01. The number of hydrogen-bond acceptors (Lipinski definition) is 6. The number of aryl methyl sites for hydroxylation is 1. The summed E-state index contributed by atoms with van der Waals surface area (Å²) in [7, 11) is 4.25. The quantitative estimate of drug-likeness (QED) is 0.173. The van der Waals surface area contributed by atoms with Gasteiger partial charge < -0.3 is 31.7 Å². The summed E-state index contributed by atoms with van der Waals surface area (Å²) in [6, 6.07) is 18.6. The van der Waals surface area contributed by atoms with Crippen LogP contribution in [0.5, 0.6) is 0 Å². The number of nitrogens with one attached hydrogen (secondary N) is 2. The first-order chi connectivity index (χ1) is 17.3. The highest BCUT2D eigenvalue weighted by atomic mass is 16.3. The number of quaternary nitrogens is 1. The Hall–Kier alpha value is -3.04. The van der Waals surface area contributed by atoms with Crippen molar-refractivity contribution in [3.63, 3.8) is 0 Å². The number of aromatic nitrogens is 1. The molecule has 0 aliphatic carbocycles. The van der Waals surface area contributed by atoms with Gasteiger partial charge in [-0.3, -0.25) is 9.78 Å². The van der Waals surface area contributed by atoms with Gasteiger partial charge in [0.15, 0.2) is 0 Å². The molecule has 0 aliphatic heterocycles. The van der Waals surface area contributed by atoms with Gasteiger partial charge in [-0.1, -0.05) is 48.5 Å². The van der Waals surface area contributed by atoms with Crippen LogP contribution in [0.25, 0.3) is 10.9 Å². The molecule has 0 saturated carbocycles. The molecular formula is C28H41N6O2+. The first kappa shape index (κ1) is 27.5. The summed E-state index contributed by atoms with van der Waals surface area (Å²) in [5, 5.41) is 18.2. The molecule has 1 aromatic heterocycles. The molecule has 0 bridgehead atoms. The molecule has 8 heteroatoms. The number of hydrogen-bond donors (Lipinski definition) is 5. The van der Waals surface area contributed by atoms with Crippen molar-refractivity contribution < 1.29 is 14.4 Å². The van der Waals surface area contributed by atoms with Crippen molar-refractivity contribution in [2.75, 3.05) is 39.0 Å². The first-order valence-corrected chi connectivity index (χ1v) is 12.7. The second-order valence-electron chi connectivity index (χ2n) is 10.1. The molecule has 1 unspecified atom stereocenters. The van der Waals surface area contributed by atoms with Gasteiger partial charge in [0.25, 0.3) is 0 Å². The molecule has 0 fully saturated rings. The van der Waals surface area contributed by atoms with Gasteiger partial charge in [-0.25, -0.2) is 0 Å². The van der Waals surface area contributed by atoms with Crippen LogP contribution < -0.4 is 22.1 Å². The van der Waals surface area contributed by atoms with Crippen molar-refractivity contribution in [3.8, 4) is 0 Å². The molecule has 1 amide bonds. The van der Waals surface area contributed by atoms with Crippen molar-refractivity contribution in [1.82, 2.24) is 10.3 Å². The number of pyridine rings is 1. The lowest BCUT2D eigenvalue weighted by molar-refractivity contribution is -0.889. The standard InChI is InChI=1S/C28H40N6O2/c1-34(2,18-16-29)17-8-12-24(30)27(35)33-26(15-14-21-9-4-3-5-10-21)28(36)32-23-19-22-11-6-7-13-25(22)31-20-23/h3-7,9-11,13,19-20,24,26,28,32,36H,8,12,14-18,29-30H2,1-2H3/p+1/t24-,26+,28?/m0/s1. The fraction of sp³-hybridized carbons (Fsp3) is 0.429. The minimum Gasteiger partial charge on any atom is -0.372 e. The van der Waals surface area contributed by atoms with Crippen molar-refractivity contribution >= 4 is 22.5 Å². The zero-order chi connectivity index (χ0) is 26.0. The maximum atomic E-state index is 13.0. The van der Waals surface area contributed by atoms with Gasteiger partial charge in [-0.2, -0.15) is 0 Å². The summed E-state index contributed by atoms with van der Waals surface area (Å²) in [4.78, 5) is 17.4. The molecule has 0 spiro atoms. The Kier molecular flexibility index (Phi) is 10.2. The SMILES string of the molecule is C[N+](C)(CCN)CCC[C@H](N)C(=O)N[C@H](CCc1ccccc1)C(O)Nc1cnc2ccccc2c1. The van der Waals surface area contributed by atoms with Gasteiger partial charge in [0, 0.05) is 11.9 Å². The molecule has 0 aliphatic rings. The number of likely N-dealkylation sites (N-methyl/N-ethyl adjacent to an activating group) is 1. The van der Waals surface area contributed by atoms with Gasteiger partial charge in [0.1, 0.15) is 6.23 Å². The van der Waals surface area contributed by atoms with E-state index in [0.717, 1.165) is 40.5 Å². The number of nitrogens with zero attached hydrogens (tertiary/aromatic N) is 2. The number of benzene rings is 2. The van der Waals surface area contributed by atoms with Crippen LogP contribution in [0.1, 0.15) is 24.8 Å². The number of para-hydroxylation sites is 1. The topological polar surface area (TPSA) is 126 Å². The largest absolute Gasteiger partial charge is 0.372 e. The third kappa shape index (κ3) is 8.57. The highest BCUT2D eigenvalue weighted by molar-refractivity contribution is 5.82. The van der Waals surface area contributed by atoms with Crippen LogP contribution in [0.2, 0.25) is 0 Å². The lowest BCUT2D eigenvalue weighted by Gasteiger charge is -2.30. The molecule has 0 radical (unpaired) electrons. The summed E-state index contributed by atoms with van der Waals surface area (Å²) in [6.45, 7) is 2.40. The Balaban J connectivity index is 1.63. The van der Waals surface area contributed by atoms with Crippen LogP contribution in [0.4, 0.5) is 5.69 Å². The van der Waals surface area contributed by atoms with E-state index < -0.39 is 18.3 Å². The van der Waals surface area contributed by atoms with Crippen molar-refractivity contribution in [2.24, 2.45) is 11.5 Å². The van der Waals surface area contributed by atoms with Crippen LogP contribution in [0, 0.1) is 0 Å². The molecular weight excluding hydrogens is 452 g/mol. The van der Waals surface area contributed by atoms with Crippen LogP contribution in [-0.4, -0.2) is 72.5 Å². The molecule has 194 valence electrons. The van der Waals surface area contributed by atoms with E-state index in [-0.39, 0.29) is 5.91 Å². The average Bonchev–Trinajstić information content (AvgIpc) is 2.86. The molecule has 7 N–H and O–H groups in total. The number of amides is 1. The Labute approximate surface area is 214 Å². The third-order valence-corrected chi connectivity index (χ3v) is 6.55. The van der Waals surface area contributed by atoms with Crippen LogP contribution in [0.3, 0.4) is 0 Å². The van der Waals surface area contributed by atoms with E-state index in [9.17, 15) is 9.90 Å². The summed E-state index contributed by atoms with van der Waals surface area (Å²) in [5.41, 5.74) is 14.6. The molecule has 36 heavy (non-hydrogen) atoms. The van der Waals surface area contributed by atoms with Gasteiger partial charge in [0.2, 0.25) is 5.91 Å². The number of carbonyl (C=O) groups excluding carboxylic acids is 1. The Bertz CT molecular complexity index is 1090. The Morgan fingerprint density at radius 1 is 1.06 bits per heavy atom. The number of aliphatic hydroxyl groups excluding tert-OH is 1. The number of anilines is 1. The van der Waals surface area contributed by atoms with Gasteiger partial charge in [0.05, 0.1) is 56.7 Å². The van der Waals surface area contributed by atoms with Crippen LogP contribution in [0.15, 0.2) is 66.9 Å². The Morgan fingerprint density at radius 3 is 2.53 bits per heavy atom. The van der Waals surface area contributed by atoms with Crippen LogP contribution in [-0.2, 0) is 11.2 Å². The predicted molar refractivity (Wildman–Crippen MR) is 146 cm³/mol. The average molecular weight is 494 g/mol. The summed E-state index contributed by atoms with van der Waals surface area (Å²) in [6.07, 6.45) is 3.34. The smallest absolute Gasteiger partial charge is 0.237 e. The zero-order valence-electron chi connectivity index (χ0n) is 21.4. The summed E-state index contributed by atoms with van der Waals surface area (Å²) in [5.74, 6) is -0.255. The monoisotopic (exact) mass is 493 g/mol. The molecule has 2 aromatic carbocycles. The maximum Gasteiger partial charge on any atom is 0.237 e. The van der Waals surface area contributed by atoms with Crippen LogP contribution >= 0.6 is 0 Å². The van der Waals surface area contributed by atoms with E-state index >= 15 is 0 Å². The lowest BCUT2D eigenvalue weighted by atomic mass is 10.0. The molecule has 1 heterocycles. The predicted octanol–water partition coefficient (Wildman–Crippen LogP) is 2.23. The van der Waals surface area contributed by atoms with E-state index in [4.69, 9.17) is 11.5 Å². The highest BCUT2D eigenvalue weighted by Gasteiger charge is 2.25. The molecule has 3 atom stereocenters. The minimum absolute atomic E-state index is 0.255. The molecule has 0 saturated heterocycles. The summed E-state index contributed by atoms with van der Waals surface area (Å²) >= 11 is 0. The second-order valence-corrected chi connectivity index (χ2v) is 10.1. The molecule has 8 nitrogen and oxygen atoms in total. The molecule has 3 rings (SSSR count). The van der Waals surface area contributed by atoms with Gasteiger partial charge in [-0.05, 0) is 43.4 Å². The first-order valence-electron chi connectivity index (χ1n) is 12.7. The van der Waals surface area contributed by atoms with E-state index in [1.165, 1.54) is 0 Å². The molecule has 3 aromatic rings.